The van der Waals surface area contributed by atoms with Crippen LogP contribution in [0.15, 0.2) is 66.0 Å². The fourth-order valence-electron chi connectivity index (χ4n) is 3.00. The topological polar surface area (TPSA) is 15.3 Å². The Hall–Kier alpha value is -2.17. The van der Waals surface area contributed by atoms with Gasteiger partial charge in [0.1, 0.15) is 0 Å². The minimum atomic E-state index is 0.777. The number of rotatable bonds is 6. The second-order valence-electron chi connectivity index (χ2n) is 6.54. The average molecular weight is 381 g/mol. The number of thiophene rings is 1. The predicted molar refractivity (Wildman–Crippen MR) is 117 cm³/mol. The Kier molecular flexibility index (Phi) is 6.42. The van der Waals surface area contributed by atoms with E-state index in [0.29, 0.717) is 0 Å². The van der Waals surface area contributed by atoms with E-state index in [-0.39, 0.29) is 0 Å². The van der Waals surface area contributed by atoms with Gasteiger partial charge < -0.3 is 10.2 Å². The fraction of sp³-hybridized carbons (Fsp3) is 0.227. The minimum Gasteiger partial charge on any atom is -0.344 e. The van der Waals surface area contributed by atoms with Crippen molar-refractivity contribution in [3.05, 3.63) is 87.6 Å². The molecule has 0 aliphatic heterocycles. The molecule has 1 N–H and O–H groups in total. The number of nitrogens with one attached hydrogen (secondary N) is 1. The van der Waals surface area contributed by atoms with Gasteiger partial charge >= 0.3 is 0 Å². The van der Waals surface area contributed by atoms with Gasteiger partial charge in [0.05, 0.1) is 6.54 Å². The molecule has 0 unspecified atom stereocenters. The Morgan fingerprint density at radius 2 is 1.73 bits per heavy atom. The third kappa shape index (κ3) is 5.41. The predicted octanol–water partition coefficient (Wildman–Crippen LogP) is 5.81. The molecule has 1 heterocycles. The molecule has 0 radical (unpaired) electrons. The number of hydrogen-bond acceptors (Lipinski definition) is 2. The van der Waals surface area contributed by atoms with Gasteiger partial charge in [0.25, 0.3) is 0 Å². The average Bonchev–Trinajstić information content (AvgIpc) is 3.11. The van der Waals surface area contributed by atoms with Crippen LogP contribution in [-0.2, 0) is 13.0 Å². The third-order valence-corrected chi connectivity index (χ3v) is 5.42. The van der Waals surface area contributed by atoms with E-state index in [1.54, 1.807) is 11.3 Å². The van der Waals surface area contributed by atoms with E-state index in [4.69, 9.17) is 12.2 Å². The van der Waals surface area contributed by atoms with E-state index in [2.05, 4.69) is 90.1 Å². The number of nitrogens with zero attached hydrogens (tertiary/aromatic N) is 1. The maximum absolute atomic E-state index is 5.75. The largest absolute Gasteiger partial charge is 0.344 e. The molecule has 4 heteroatoms. The lowest BCUT2D eigenvalue weighted by atomic mass is 10.1. The molecule has 0 saturated carbocycles. The highest BCUT2D eigenvalue weighted by Gasteiger charge is 2.12. The quantitative estimate of drug-likeness (QED) is 0.544. The van der Waals surface area contributed by atoms with Gasteiger partial charge in [-0.1, -0.05) is 42.5 Å². The first-order chi connectivity index (χ1) is 12.6. The van der Waals surface area contributed by atoms with Crippen molar-refractivity contribution in [3.8, 4) is 0 Å². The monoisotopic (exact) mass is 380 g/mol. The van der Waals surface area contributed by atoms with E-state index >= 15 is 0 Å². The number of aryl methyl sites for hydroxylation is 2. The van der Waals surface area contributed by atoms with Crippen molar-refractivity contribution >= 4 is 34.4 Å². The highest BCUT2D eigenvalue weighted by molar-refractivity contribution is 7.80. The Morgan fingerprint density at radius 1 is 1.00 bits per heavy atom. The van der Waals surface area contributed by atoms with Crippen LogP contribution >= 0.6 is 23.6 Å². The van der Waals surface area contributed by atoms with E-state index in [1.807, 2.05) is 0 Å². The zero-order valence-electron chi connectivity index (χ0n) is 15.2. The fourth-order valence-corrected chi connectivity index (χ4v) is 3.99. The summed E-state index contributed by atoms with van der Waals surface area (Å²) in [5.74, 6) is 0. The summed E-state index contributed by atoms with van der Waals surface area (Å²) in [6, 6.07) is 21.3. The summed E-state index contributed by atoms with van der Waals surface area (Å²) >= 11 is 7.52. The molecule has 0 atom stereocenters. The van der Waals surface area contributed by atoms with Gasteiger partial charge in [0.15, 0.2) is 5.11 Å². The molecule has 0 bridgehead atoms. The van der Waals surface area contributed by atoms with Crippen LogP contribution in [0.5, 0.6) is 0 Å². The van der Waals surface area contributed by atoms with E-state index in [1.165, 1.54) is 21.6 Å². The van der Waals surface area contributed by atoms with Crippen molar-refractivity contribution in [2.45, 2.75) is 26.8 Å². The van der Waals surface area contributed by atoms with Crippen molar-refractivity contribution in [1.82, 2.24) is 4.90 Å². The summed E-state index contributed by atoms with van der Waals surface area (Å²) in [6.45, 7) is 5.94. The standard InChI is InChI=1S/C22H24N2S2/c1-17-13-18(2)15-20(14-17)23-22(25)24(16-21-9-6-12-26-21)11-10-19-7-4-3-5-8-19/h3-9,12-15H,10-11,16H2,1-2H3,(H,23,25). The maximum Gasteiger partial charge on any atom is 0.173 e. The molecule has 3 aromatic rings. The second-order valence-corrected chi connectivity index (χ2v) is 7.96. The van der Waals surface area contributed by atoms with Crippen LogP contribution in [-0.4, -0.2) is 16.6 Å². The zero-order valence-corrected chi connectivity index (χ0v) is 16.9. The smallest absolute Gasteiger partial charge is 0.173 e. The van der Waals surface area contributed by atoms with Crippen molar-refractivity contribution in [1.29, 1.82) is 0 Å². The van der Waals surface area contributed by atoms with Crippen molar-refractivity contribution in [3.63, 3.8) is 0 Å². The third-order valence-electron chi connectivity index (χ3n) is 4.20. The van der Waals surface area contributed by atoms with Crippen LogP contribution in [0.25, 0.3) is 0 Å². The first-order valence-corrected chi connectivity index (χ1v) is 10.1. The van der Waals surface area contributed by atoms with Gasteiger partial charge in [-0.05, 0) is 72.8 Å². The van der Waals surface area contributed by atoms with Crippen LogP contribution in [0.2, 0.25) is 0 Å². The van der Waals surface area contributed by atoms with Gasteiger partial charge in [-0.2, -0.15) is 0 Å². The van der Waals surface area contributed by atoms with Gasteiger partial charge in [0, 0.05) is 17.1 Å². The SMILES string of the molecule is Cc1cc(C)cc(NC(=S)N(CCc2ccccc2)Cc2cccs2)c1. The van der Waals surface area contributed by atoms with Gasteiger partial charge in [-0.3, -0.25) is 0 Å². The Morgan fingerprint density at radius 3 is 2.38 bits per heavy atom. The summed E-state index contributed by atoms with van der Waals surface area (Å²) in [5, 5.41) is 6.33. The Labute approximate surface area is 165 Å². The number of anilines is 1. The molecule has 26 heavy (non-hydrogen) atoms. The summed E-state index contributed by atoms with van der Waals surface area (Å²) < 4.78 is 0. The molecule has 0 fully saturated rings. The van der Waals surface area contributed by atoms with Gasteiger partial charge in [-0.25, -0.2) is 0 Å². The Bertz CT molecular complexity index is 822. The van der Waals surface area contributed by atoms with Crippen molar-refractivity contribution < 1.29 is 0 Å². The van der Waals surface area contributed by atoms with Crippen molar-refractivity contribution in [2.24, 2.45) is 0 Å². The van der Waals surface area contributed by atoms with Crippen LogP contribution in [0.4, 0.5) is 5.69 Å². The Balaban J connectivity index is 1.71. The van der Waals surface area contributed by atoms with Crippen LogP contribution < -0.4 is 5.32 Å². The first kappa shape index (κ1) is 18.6. The van der Waals surface area contributed by atoms with Crippen molar-refractivity contribution in [2.75, 3.05) is 11.9 Å². The van der Waals surface area contributed by atoms with Crippen LogP contribution in [0.3, 0.4) is 0 Å². The number of benzene rings is 2. The summed E-state index contributed by atoms with van der Waals surface area (Å²) in [6.07, 6.45) is 0.973. The molecule has 0 amide bonds. The molecule has 134 valence electrons. The maximum atomic E-state index is 5.75. The van der Waals surface area contributed by atoms with E-state index in [0.717, 1.165) is 30.3 Å². The first-order valence-electron chi connectivity index (χ1n) is 8.81. The molecule has 0 aliphatic rings. The normalized spacial score (nSPS) is 10.5. The molecular formula is C22H24N2S2. The van der Waals surface area contributed by atoms with Crippen LogP contribution in [0, 0.1) is 13.8 Å². The molecule has 0 spiro atoms. The van der Waals surface area contributed by atoms with Crippen LogP contribution in [0.1, 0.15) is 21.6 Å². The lowest BCUT2D eigenvalue weighted by molar-refractivity contribution is 0.427. The highest BCUT2D eigenvalue weighted by atomic mass is 32.1. The van der Waals surface area contributed by atoms with Gasteiger partial charge in [0.2, 0.25) is 0 Å². The second kappa shape index (κ2) is 8.97. The number of hydrogen-bond donors (Lipinski definition) is 1. The molecule has 0 saturated heterocycles. The number of thiocarbonyl (C=S) groups is 1. The molecule has 2 aromatic carbocycles. The lowest BCUT2D eigenvalue weighted by Crippen LogP contribution is -2.35. The molecule has 0 aliphatic carbocycles. The lowest BCUT2D eigenvalue weighted by Gasteiger charge is -2.26. The zero-order chi connectivity index (χ0) is 18.4. The van der Waals surface area contributed by atoms with E-state index < -0.39 is 0 Å². The molecular weight excluding hydrogens is 356 g/mol. The molecule has 2 nitrogen and oxygen atoms in total. The summed E-state index contributed by atoms with van der Waals surface area (Å²) in [4.78, 5) is 3.58. The molecule has 3 rings (SSSR count). The summed E-state index contributed by atoms with van der Waals surface area (Å²) in [7, 11) is 0. The van der Waals surface area contributed by atoms with E-state index in [9.17, 15) is 0 Å². The highest BCUT2D eigenvalue weighted by Crippen LogP contribution is 2.17. The van der Waals surface area contributed by atoms with Gasteiger partial charge in [-0.15, -0.1) is 11.3 Å². The summed E-state index contributed by atoms with van der Waals surface area (Å²) in [5.41, 5.74) is 4.87. The molecule has 1 aromatic heterocycles. The minimum absolute atomic E-state index is 0.777.